The number of nitrogens with zero attached hydrogens (tertiary/aromatic N) is 1. The van der Waals surface area contributed by atoms with E-state index >= 15 is 0 Å². The number of carbonyl (C=O) groups excluding carboxylic acids is 3. The summed E-state index contributed by atoms with van der Waals surface area (Å²) in [7, 11) is 0. The molecule has 8 heteroatoms. The van der Waals surface area contributed by atoms with Crippen molar-refractivity contribution in [3.8, 4) is 0 Å². The smallest absolute Gasteiger partial charge is 0.293 e. The molecule has 2 aromatic carbocycles. The number of halogens is 2. The summed E-state index contributed by atoms with van der Waals surface area (Å²) in [6.45, 7) is 1.90. The van der Waals surface area contributed by atoms with Crippen LogP contribution in [-0.2, 0) is 9.59 Å². The molecule has 5 nitrogen and oxygen atoms in total. The SMILES string of the molecule is Cc1ccc(NC(=O)CCN2C(=O)S/C(=C\c3ccc(Cl)cc3)C2=O)c(Cl)c1. The maximum Gasteiger partial charge on any atom is 0.293 e. The standard InChI is InChI=1S/C20H16Cl2N2O3S/c1-12-2-7-16(15(22)10-12)23-18(25)8-9-24-19(26)17(28-20(24)27)11-13-3-5-14(21)6-4-13/h2-7,10-11H,8-9H2,1H3,(H,23,25)/b17-11-. The van der Waals surface area contributed by atoms with Crippen LogP contribution < -0.4 is 5.32 Å². The molecule has 1 N–H and O–H groups in total. The molecule has 144 valence electrons. The second kappa shape index (κ2) is 8.82. The summed E-state index contributed by atoms with van der Waals surface area (Å²) in [5.74, 6) is -0.738. The number of amides is 3. The van der Waals surface area contributed by atoms with Crippen LogP contribution in [0.1, 0.15) is 17.5 Å². The summed E-state index contributed by atoms with van der Waals surface area (Å²) < 4.78 is 0. The highest BCUT2D eigenvalue weighted by molar-refractivity contribution is 8.18. The minimum absolute atomic E-state index is 0.00205. The van der Waals surface area contributed by atoms with Crippen LogP contribution in [0.25, 0.3) is 6.08 Å². The van der Waals surface area contributed by atoms with E-state index in [0.29, 0.717) is 20.6 Å². The molecule has 3 rings (SSSR count). The van der Waals surface area contributed by atoms with Crippen LogP contribution in [0.3, 0.4) is 0 Å². The predicted octanol–water partition coefficient (Wildman–Crippen LogP) is 5.37. The van der Waals surface area contributed by atoms with Gasteiger partial charge in [0.25, 0.3) is 11.1 Å². The third-order valence-corrected chi connectivity index (χ3v) is 5.47. The van der Waals surface area contributed by atoms with Crippen molar-refractivity contribution in [1.29, 1.82) is 0 Å². The fraction of sp³-hybridized carbons (Fsp3) is 0.150. The van der Waals surface area contributed by atoms with Crippen LogP contribution in [0, 0.1) is 6.92 Å². The molecule has 1 aliphatic rings. The number of nitrogens with one attached hydrogen (secondary N) is 1. The first kappa shape index (κ1) is 20.5. The number of thioether (sulfide) groups is 1. The van der Waals surface area contributed by atoms with Gasteiger partial charge in [0, 0.05) is 18.0 Å². The van der Waals surface area contributed by atoms with Gasteiger partial charge in [-0.2, -0.15) is 0 Å². The molecule has 1 fully saturated rings. The minimum Gasteiger partial charge on any atom is -0.325 e. The van der Waals surface area contributed by atoms with E-state index in [2.05, 4.69) is 5.32 Å². The van der Waals surface area contributed by atoms with Gasteiger partial charge >= 0.3 is 0 Å². The van der Waals surface area contributed by atoms with E-state index in [1.54, 1.807) is 42.5 Å². The van der Waals surface area contributed by atoms with Crippen LogP contribution >= 0.6 is 35.0 Å². The lowest BCUT2D eigenvalue weighted by molar-refractivity contribution is -0.123. The Kier molecular flexibility index (Phi) is 6.44. The molecule has 0 aromatic heterocycles. The molecule has 0 saturated carbocycles. The normalized spacial score (nSPS) is 15.4. The highest BCUT2D eigenvalue weighted by atomic mass is 35.5. The molecule has 0 spiro atoms. The average Bonchev–Trinajstić information content (AvgIpc) is 2.91. The Morgan fingerprint density at radius 1 is 1.14 bits per heavy atom. The van der Waals surface area contributed by atoms with E-state index in [1.807, 2.05) is 13.0 Å². The fourth-order valence-corrected chi connectivity index (χ4v) is 3.82. The van der Waals surface area contributed by atoms with E-state index in [1.165, 1.54) is 0 Å². The van der Waals surface area contributed by atoms with E-state index in [9.17, 15) is 14.4 Å². The molecule has 0 unspecified atom stereocenters. The summed E-state index contributed by atoms with van der Waals surface area (Å²) >= 11 is 12.8. The van der Waals surface area contributed by atoms with Gasteiger partial charge < -0.3 is 5.32 Å². The fourth-order valence-electron chi connectivity index (χ4n) is 2.55. The summed E-state index contributed by atoms with van der Waals surface area (Å²) in [5.41, 5.74) is 2.24. The van der Waals surface area contributed by atoms with Gasteiger partial charge in [-0.3, -0.25) is 19.3 Å². The maximum absolute atomic E-state index is 12.5. The van der Waals surface area contributed by atoms with Gasteiger partial charge in [0.05, 0.1) is 15.6 Å². The van der Waals surface area contributed by atoms with Crippen molar-refractivity contribution in [1.82, 2.24) is 4.90 Å². The average molecular weight is 435 g/mol. The van der Waals surface area contributed by atoms with Gasteiger partial charge in [0.15, 0.2) is 0 Å². The number of imide groups is 1. The minimum atomic E-state index is -0.411. The molecule has 0 bridgehead atoms. The van der Waals surface area contributed by atoms with Gasteiger partial charge in [0.1, 0.15) is 0 Å². The number of carbonyl (C=O) groups is 3. The zero-order valence-electron chi connectivity index (χ0n) is 14.9. The summed E-state index contributed by atoms with van der Waals surface area (Å²) in [6.07, 6.45) is 1.61. The highest BCUT2D eigenvalue weighted by Gasteiger charge is 2.35. The zero-order chi connectivity index (χ0) is 20.3. The lowest BCUT2D eigenvalue weighted by atomic mass is 10.2. The molecule has 1 heterocycles. The third-order valence-electron chi connectivity index (χ3n) is 4.00. The zero-order valence-corrected chi connectivity index (χ0v) is 17.2. The molecule has 1 saturated heterocycles. The molecule has 1 aliphatic heterocycles. The van der Waals surface area contributed by atoms with Crippen molar-refractivity contribution < 1.29 is 14.4 Å². The van der Waals surface area contributed by atoms with Crippen LogP contribution in [0.2, 0.25) is 10.0 Å². The predicted molar refractivity (Wildman–Crippen MR) is 114 cm³/mol. The van der Waals surface area contributed by atoms with Crippen molar-refractivity contribution in [2.75, 3.05) is 11.9 Å². The molecule has 2 aromatic rings. The first-order valence-corrected chi connectivity index (χ1v) is 9.97. The van der Waals surface area contributed by atoms with Crippen molar-refractivity contribution >= 4 is 63.8 Å². The Morgan fingerprint density at radius 3 is 2.54 bits per heavy atom. The van der Waals surface area contributed by atoms with Crippen LogP contribution in [0.5, 0.6) is 0 Å². The number of rotatable bonds is 5. The number of benzene rings is 2. The highest BCUT2D eigenvalue weighted by Crippen LogP contribution is 2.32. The van der Waals surface area contributed by atoms with Crippen LogP contribution in [0.15, 0.2) is 47.4 Å². The lowest BCUT2D eigenvalue weighted by Gasteiger charge is -2.13. The van der Waals surface area contributed by atoms with E-state index < -0.39 is 11.1 Å². The summed E-state index contributed by atoms with van der Waals surface area (Å²) in [6, 6.07) is 12.2. The second-order valence-electron chi connectivity index (χ2n) is 6.17. The summed E-state index contributed by atoms with van der Waals surface area (Å²) in [5, 5.41) is 3.32. The third kappa shape index (κ3) is 4.95. The largest absolute Gasteiger partial charge is 0.325 e. The molecule has 0 atom stereocenters. The maximum atomic E-state index is 12.5. The first-order valence-electron chi connectivity index (χ1n) is 8.40. The first-order chi connectivity index (χ1) is 13.3. The van der Waals surface area contributed by atoms with Crippen molar-refractivity contribution in [3.05, 3.63) is 68.5 Å². The molecular formula is C20H16Cl2N2O3S. The van der Waals surface area contributed by atoms with Crippen LogP contribution in [0.4, 0.5) is 10.5 Å². The Bertz CT molecular complexity index is 974. The summed E-state index contributed by atoms with van der Waals surface area (Å²) in [4.78, 5) is 38.2. The van der Waals surface area contributed by atoms with Crippen molar-refractivity contribution in [2.45, 2.75) is 13.3 Å². The van der Waals surface area contributed by atoms with Crippen molar-refractivity contribution in [3.63, 3.8) is 0 Å². The Hall–Kier alpha value is -2.28. The van der Waals surface area contributed by atoms with E-state index in [-0.39, 0.29) is 18.9 Å². The number of anilines is 1. The lowest BCUT2D eigenvalue weighted by Crippen LogP contribution is -2.31. The van der Waals surface area contributed by atoms with Gasteiger partial charge in [-0.05, 0) is 60.2 Å². The Morgan fingerprint density at radius 2 is 1.86 bits per heavy atom. The Balaban J connectivity index is 1.61. The molecule has 0 aliphatic carbocycles. The van der Waals surface area contributed by atoms with Gasteiger partial charge in [-0.25, -0.2) is 0 Å². The molecule has 0 radical (unpaired) electrons. The topological polar surface area (TPSA) is 66.5 Å². The number of aryl methyl sites for hydroxylation is 1. The molecule has 28 heavy (non-hydrogen) atoms. The quantitative estimate of drug-likeness (QED) is 0.642. The van der Waals surface area contributed by atoms with Crippen molar-refractivity contribution in [2.24, 2.45) is 0 Å². The van der Waals surface area contributed by atoms with E-state index in [0.717, 1.165) is 27.8 Å². The number of hydrogen-bond donors (Lipinski definition) is 1. The van der Waals surface area contributed by atoms with Gasteiger partial charge in [-0.1, -0.05) is 41.4 Å². The van der Waals surface area contributed by atoms with Gasteiger partial charge in [0.2, 0.25) is 5.91 Å². The Labute approximate surface area is 176 Å². The molecule has 3 amide bonds. The monoisotopic (exact) mass is 434 g/mol. The van der Waals surface area contributed by atoms with Crippen LogP contribution in [-0.4, -0.2) is 28.5 Å². The van der Waals surface area contributed by atoms with Gasteiger partial charge in [-0.15, -0.1) is 0 Å². The van der Waals surface area contributed by atoms with E-state index in [4.69, 9.17) is 23.2 Å². The molecular weight excluding hydrogens is 419 g/mol. The number of hydrogen-bond acceptors (Lipinski definition) is 4. The second-order valence-corrected chi connectivity index (χ2v) is 8.00.